The van der Waals surface area contributed by atoms with Gasteiger partial charge < -0.3 is 14.6 Å². The Kier molecular flexibility index (Phi) is 6.62. The lowest BCUT2D eigenvalue weighted by Crippen LogP contribution is -2.40. The van der Waals surface area contributed by atoms with Crippen molar-refractivity contribution < 1.29 is 19.4 Å². The van der Waals surface area contributed by atoms with E-state index in [2.05, 4.69) is 4.99 Å². The molecular weight excluding hydrogens is 512 g/mol. The first-order valence-corrected chi connectivity index (χ1v) is 12.8. The Hall–Kier alpha value is -3.88. The van der Waals surface area contributed by atoms with Gasteiger partial charge in [-0.1, -0.05) is 53.3 Å². The molecule has 0 bridgehead atoms. The van der Waals surface area contributed by atoms with E-state index in [0.29, 0.717) is 36.9 Å². The zero-order chi connectivity index (χ0) is 26.3. The maximum absolute atomic E-state index is 13.9. The van der Waals surface area contributed by atoms with Crippen LogP contribution < -0.4 is 19.6 Å². The van der Waals surface area contributed by atoms with Crippen molar-refractivity contribution in [3.8, 4) is 11.5 Å². The summed E-state index contributed by atoms with van der Waals surface area (Å²) in [5.74, 6) is -0.0290. The van der Waals surface area contributed by atoms with Gasteiger partial charge in [0.2, 0.25) is 0 Å². The molecule has 0 saturated carbocycles. The number of carbonyl (C=O) groups excluding carboxylic acids is 1. The average molecular weight is 535 g/mol. The highest BCUT2D eigenvalue weighted by Crippen LogP contribution is 2.40. The second kappa shape index (κ2) is 9.88. The van der Waals surface area contributed by atoms with Crippen molar-refractivity contribution in [2.45, 2.75) is 19.9 Å². The Labute approximate surface area is 221 Å². The van der Waals surface area contributed by atoms with Crippen LogP contribution in [-0.2, 0) is 9.53 Å². The third-order valence-corrected chi connectivity index (χ3v) is 7.44. The minimum absolute atomic E-state index is 0.00842. The maximum atomic E-state index is 13.9. The van der Waals surface area contributed by atoms with E-state index in [-0.39, 0.29) is 23.5 Å². The van der Waals surface area contributed by atoms with Crippen LogP contribution in [-0.4, -0.2) is 29.4 Å². The molecule has 0 fully saturated rings. The number of halogens is 1. The molecule has 7 nitrogen and oxygen atoms in total. The normalized spacial score (nSPS) is 15.5. The van der Waals surface area contributed by atoms with Crippen LogP contribution in [0.15, 0.2) is 75.7 Å². The minimum Gasteiger partial charge on any atom is -0.507 e. The molecule has 37 heavy (non-hydrogen) atoms. The Morgan fingerprint density at radius 3 is 2.76 bits per heavy atom. The molecule has 3 aromatic carbocycles. The summed E-state index contributed by atoms with van der Waals surface area (Å²) < 4.78 is 13.0. The summed E-state index contributed by atoms with van der Waals surface area (Å²) >= 11 is 7.28. The fraction of sp³-hybridized carbons (Fsp3) is 0.179. The molecule has 2 heterocycles. The van der Waals surface area contributed by atoms with Crippen molar-refractivity contribution in [1.82, 2.24) is 4.57 Å². The number of methoxy groups -OCH3 is 1. The largest absolute Gasteiger partial charge is 0.507 e. The second-order valence-corrected chi connectivity index (χ2v) is 9.85. The first kappa shape index (κ1) is 24.8. The van der Waals surface area contributed by atoms with Gasteiger partial charge >= 0.3 is 5.97 Å². The lowest BCUT2D eigenvalue weighted by molar-refractivity contribution is -0.139. The number of phenols is 1. The Bertz CT molecular complexity index is 1770. The molecule has 1 aliphatic rings. The van der Waals surface area contributed by atoms with Gasteiger partial charge in [-0.15, -0.1) is 0 Å². The number of carbonyl (C=O) groups is 1. The molecular formula is C28H23ClN2O5S. The molecule has 0 unspecified atom stereocenters. The number of ether oxygens (including phenoxy) is 2. The number of nitrogens with zero attached hydrogens (tertiary/aromatic N) is 2. The molecule has 1 atom stereocenters. The van der Waals surface area contributed by atoms with Crippen LogP contribution in [0.4, 0.5) is 0 Å². The van der Waals surface area contributed by atoms with Gasteiger partial charge in [-0.2, -0.15) is 0 Å². The van der Waals surface area contributed by atoms with Crippen molar-refractivity contribution in [3.63, 3.8) is 0 Å². The van der Waals surface area contributed by atoms with E-state index in [4.69, 9.17) is 21.1 Å². The van der Waals surface area contributed by atoms with Crippen molar-refractivity contribution in [1.29, 1.82) is 0 Å². The van der Waals surface area contributed by atoms with Gasteiger partial charge in [-0.25, -0.2) is 9.79 Å². The van der Waals surface area contributed by atoms with E-state index in [1.165, 1.54) is 22.0 Å². The van der Waals surface area contributed by atoms with Crippen LogP contribution in [0.1, 0.15) is 31.0 Å². The van der Waals surface area contributed by atoms with Crippen LogP contribution in [0.5, 0.6) is 11.5 Å². The first-order valence-electron chi connectivity index (χ1n) is 11.6. The fourth-order valence-corrected chi connectivity index (χ4v) is 5.80. The molecule has 0 aliphatic carbocycles. The molecule has 1 N–H and O–H groups in total. The van der Waals surface area contributed by atoms with E-state index < -0.39 is 12.0 Å². The highest BCUT2D eigenvalue weighted by atomic mass is 35.5. The summed E-state index contributed by atoms with van der Waals surface area (Å²) in [5, 5.41) is 12.5. The molecule has 1 aliphatic heterocycles. The predicted octanol–water partition coefficient (Wildman–Crippen LogP) is 4.32. The second-order valence-electron chi connectivity index (χ2n) is 8.41. The fourth-order valence-electron chi connectivity index (χ4n) is 4.58. The standard InChI is InChI=1S/C28H23ClN2O5S/c1-4-36-27(34)23-15(2)30-28-31(26(33)22(37-28)14-17-13-18(29)10-11-20(17)32)25(23)24-19-8-6-5-7-16(19)9-12-21(24)35-3/h5-14,25,32H,4H2,1-3H3/b22-14-/t25-/m0/s1. The molecule has 1 aromatic heterocycles. The van der Waals surface area contributed by atoms with Crippen molar-refractivity contribution in [2.75, 3.05) is 13.7 Å². The van der Waals surface area contributed by atoms with E-state index in [1.807, 2.05) is 36.4 Å². The van der Waals surface area contributed by atoms with Gasteiger partial charge in [0.05, 0.1) is 29.5 Å². The maximum Gasteiger partial charge on any atom is 0.338 e. The first-order chi connectivity index (χ1) is 17.8. The number of esters is 1. The highest BCUT2D eigenvalue weighted by molar-refractivity contribution is 7.07. The summed E-state index contributed by atoms with van der Waals surface area (Å²) in [6.07, 6.45) is 1.58. The number of phenolic OH excluding ortho intramolecular Hbond substituents is 1. The summed E-state index contributed by atoms with van der Waals surface area (Å²) in [5.41, 5.74) is 1.42. The van der Waals surface area contributed by atoms with E-state index >= 15 is 0 Å². The van der Waals surface area contributed by atoms with E-state index in [9.17, 15) is 14.7 Å². The number of aromatic nitrogens is 1. The SMILES string of the molecule is CCOC(=O)C1=C(C)N=c2s/c(=C\c3cc(Cl)ccc3O)c(=O)n2[C@@H]1c1c(OC)ccc2ccccc12. The molecule has 0 spiro atoms. The van der Waals surface area contributed by atoms with Crippen LogP contribution in [0.3, 0.4) is 0 Å². The summed E-state index contributed by atoms with van der Waals surface area (Å²) in [4.78, 5) is 32.2. The van der Waals surface area contributed by atoms with Crippen LogP contribution >= 0.6 is 22.9 Å². The Morgan fingerprint density at radius 1 is 1.22 bits per heavy atom. The number of allylic oxidation sites excluding steroid dienone is 1. The van der Waals surface area contributed by atoms with Gasteiger partial charge in [0, 0.05) is 16.1 Å². The molecule has 4 aromatic rings. The summed E-state index contributed by atoms with van der Waals surface area (Å²) in [6.45, 7) is 3.64. The van der Waals surface area contributed by atoms with Gasteiger partial charge in [-0.3, -0.25) is 9.36 Å². The van der Waals surface area contributed by atoms with Crippen LogP contribution in [0, 0.1) is 0 Å². The van der Waals surface area contributed by atoms with Crippen molar-refractivity contribution in [2.24, 2.45) is 4.99 Å². The highest BCUT2D eigenvalue weighted by Gasteiger charge is 2.36. The smallest absolute Gasteiger partial charge is 0.338 e. The van der Waals surface area contributed by atoms with E-state index in [0.717, 1.165) is 10.8 Å². The van der Waals surface area contributed by atoms with Crippen molar-refractivity contribution >= 4 is 45.8 Å². The Balaban J connectivity index is 1.86. The molecule has 9 heteroatoms. The van der Waals surface area contributed by atoms with Gasteiger partial charge in [0.25, 0.3) is 5.56 Å². The molecule has 188 valence electrons. The van der Waals surface area contributed by atoms with E-state index in [1.54, 1.807) is 39.2 Å². The number of hydrogen-bond acceptors (Lipinski definition) is 7. The lowest BCUT2D eigenvalue weighted by Gasteiger charge is -2.27. The van der Waals surface area contributed by atoms with Crippen LogP contribution in [0.25, 0.3) is 16.8 Å². The van der Waals surface area contributed by atoms with Crippen molar-refractivity contribution in [3.05, 3.63) is 102 Å². The zero-order valence-electron chi connectivity index (χ0n) is 20.3. The number of rotatable bonds is 5. The number of benzene rings is 3. The molecule has 0 amide bonds. The molecule has 0 radical (unpaired) electrons. The predicted molar refractivity (Wildman–Crippen MR) is 144 cm³/mol. The van der Waals surface area contributed by atoms with Crippen LogP contribution in [0.2, 0.25) is 5.02 Å². The van der Waals surface area contributed by atoms with Gasteiger partial charge in [0.1, 0.15) is 17.5 Å². The third-order valence-electron chi connectivity index (χ3n) is 6.22. The number of thiazole rings is 1. The molecule has 5 rings (SSSR count). The zero-order valence-corrected chi connectivity index (χ0v) is 21.9. The Morgan fingerprint density at radius 2 is 2.00 bits per heavy atom. The van der Waals surface area contributed by atoms with Gasteiger partial charge in [-0.05, 0) is 55.0 Å². The monoisotopic (exact) mass is 534 g/mol. The summed E-state index contributed by atoms with van der Waals surface area (Å²) in [7, 11) is 1.56. The molecule has 0 saturated heterocycles. The number of aromatic hydroxyl groups is 1. The third kappa shape index (κ3) is 4.32. The summed E-state index contributed by atoms with van der Waals surface area (Å²) in [6, 6.07) is 15.3. The van der Waals surface area contributed by atoms with Gasteiger partial charge in [0.15, 0.2) is 4.80 Å². The minimum atomic E-state index is -0.841. The lowest BCUT2D eigenvalue weighted by atomic mass is 9.90. The average Bonchev–Trinajstić information content (AvgIpc) is 3.19. The number of hydrogen-bond donors (Lipinski definition) is 1. The topological polar surface area (TPSA) is 90.1 Å². The number of fused-ring (bicyclic) bond motifs is 2. The quantitative estimate of drug-likeness (QED) is 0.385.